The quantitative estimate of drug-likeness (QED) is 0.0846. The SMILES string of the molecule is O=S(=O)(O)c1ccc(O)c(/N=N/c2c(O)c(O)c(/N=N/c3cc(S(=O)(=O)O)ccc3O)c3cc(S(=O)(=O)O)ccc23)c1. The number of phenols is 4. The summed E-state index contributed by atoms with van der Waals surface area (Å²) < 4.78 is 97.3. The maximum absolute atomic E-state index is 11.8. The van der Waals surface area contributed by atoms with Crippen molar-refractivity contribution in [2.75, 3.05) is 0 Å². The summed E-state index contributed by atoms with van der Waals surface area (Å²) in [4.78, 5) is -2.06. The predicted octanol–water partition coefficient (Wildman–Crippen LogP) is 4.23. The predicted molar refractivity (Wildman–Crippen MR) is 141 cm³/mol. The third-order valence-electron chi connectivity index (χ3n) is 5.48. The van der Waals surface area contributed by atoms with E-state index in [0.717, 1.165) is 48.5 Å². The Morgan fingerprint density at radius 2 is 0.810 bits per heavy atom. The van der Waals surface area contributed by atoms with Crippen LogP contribution in [0.25, 0.3) is 10.8 Å². The Labute approximate surface area is 235 Å². The molecule has 42 heavy (non-hydrogen) atoms. The fraction of sp³-hybridized carbons (Fsp3) is 0. The molecule has 0 aliphatic rings. The number of fused-ring (bicyclic) bond motifs is 1. The van der Waals surface area contributed by atoms with Gasteiger partial charge in [0.15, 0.2) is 11.5 Å². The first-order valence-corrected chi connectivity index (χ1v) is 15.1. The number of hydrogen-bond donors (Lipinski definition) is 7. The zero-order chi connectivity index (χ0) is 31.2. The van der Waals surface area contributed by atoms with Crippen LogP contribution < -0.4 is 0 Å². The summed E-state index contributed by atoms with van der Waals surface area (Å²) in [5.41, 5.74) is -2.29. The van der Waals surface area contributed by atoms with Crippen molar-refractivity contribution in [1.29, 1.82) is 0 Å². The summed E-state index contributed by atoms with van der Waals surface area (Å²) in [5, 5.41) is 55.6. The van der Waals surface area contributed by atoms with Gasteiger partial charge >= 0.3 is 0 Å². The number of phenolic OH excluding ortho intramolecular Hbond substituents is 4. The van der Waals surface area contributed by atoms with Crippen molar-refractivity contribution < 1.29 is 59.3 Å². The van der Waals surface area contributed by atoms with Crippen molar-refractivity contribution in [1.82, 2.24) is 0 Å². The lowest BCUT2D eigenvalue weighted by molar-refractivity contribution is 0.406. The first-order valence-electron chi connectivity index (χ1n) is 10.8. The molecule has 0 fully saturated rings. The molecule has 0 aliphatic heterocycles. The Kier molecular flexibility index (Phi) is 7.62. The molecule has 17 nitrogen and oxygen atoms in total. The molecule has 0 amide bonds. The van der Waals surface area contributed by atoms with E-state index in [1.54, 1.807) is 0 Å². The highest BCUT2D eigenvalue weighted by molar-refractivity contribution is 7.86. The minimum absolute atomic E-state index is 0.197. The van der Waals surface area contributed by atoms with E-state index in [0.29, 0.717) is 6.07 Å². The maximum atomic E-state index is 11.8. The Morgan fingerprint density at radius 3 is 1.21 bits per heavy atom. The average Bonchev–Trinajstić information content (AvgIpc) is 2.88. The van der Waals surface area contributed by atoms with Crippen LogP contribution in [0, 0.1) is 0 Å². The average molecular weight is 641 g/mol. The van der Waals surface area contributed by atoms with Crippen molar-refractivity contribution in [3.63, 3.8) is 0 Å². The van der Waals surface area contributed by atoms with Gasteiger partial charge in [-0.2, -0.15) is 25.3 Å². The molecule has 4 aromatic rings. The van der Waals surface area contributed by atoms with Gasteiger partial charge in [0.25, 0.3) is 30.4 Å². The number of rotatable bonds is 7. The molecule has 7 N–H and O–H groups in total. The fourth-order valence-corrected chi connectivity index (χ4v) is 4.97. The second kappa shape index (κ2) is 10.6. The third-order valence-corrected chi connectivity index (χ3v) is 8.03. The van der Waals surface area contributed by atoms with E-state index >= 15 is 0 Å². The lowest BCUT2D eigenvalue weighted by atomic mass is 10.1. The van der Waals surface area contributed by atoms with E-state index in [1.165, 1.54) is 0 Å². The van der Waals surface area contributed by atoms with E-state index in [4.69, 9.17) is 0 Å². The summed E-state index contributed by atoms with van der Waals surface area (Å²) >= 11 is 0. The van der Waals surface area contributed by atoms with Crippen molar-refractivity contribution in [2.45, 2.75) is 14.7 Å². The fourth-order valence-electron chi connectivity index (χ4n) is 3.46. The van der Waals surface area contributed by atoms with Gasteiger partial charge in [-0.3, -0.25) is 13.7 Å². The van der Waals surface area contributed by atoms with Crippen molar-refractivity contribution in [3.05, 3.63) is 54.6 Å². The highest BCUT2D eigenvalue weighted by atomic mass is 32.2. The molecule has 0 saturated heterocycles. The summed E-state index contributed by atoms with van der Waals surface area (Å²) in [5.74, 6) is -3.38. The Balaban J connectivity index is 1.96. The minimum atomic E-state index is -4.84. The second-order valence-electron chi connectivity index (χ2n) is 8.23. The molecular weight excluding hydrogens is 624 g/mol. The molecule has 4 rings (SSSR count). The van der Waals surface area contributed by atoms with E-state index in [-0.39, 0.29) is 10.8 Å². The van der Waals surface area contributed by atoms with Crippen molar-refractivity contribution in [2.24, 2.45) is 20.5 Å². The molecule has 0 heterocycles. The standard InChI is InChI=1S/C22H16N4O13S3/c27-17-5-2-11(41(34,35)36)8-15(17)23-25-19-13-4-1-10(40(31,32)33)7-14(13)20(22(30)21(19)29)26-24-16-9-12(42(37,38)39)3-6-18(16)28/h1-9,27-30H,(H,31,32,33)(H,34,35,36)(H,37,38,39)/b25-23+,26-24+. The molecule has 0 saturated carbocycles. The summed E-state index contributed by atoms with van der Waals surface area (Å²) in [6.07, 6.45) is 0. The molecule has 220 valence electrons. The molecule has 0 radical (unpaired) electrons. The zero-order valence-electron chi connectivity index (χ0n) is 20.3. The Bertz CT molecular complexity index is 2160. The molecule has 4 aromatic carbocycles. The van der Waals surface area contributed by atoms with Crippen LogP contribution in [0.4, 0.5) is 22.7 Å². The zero-order valence-corrected chi connectivity index (χ0v) is 22.7. The van der Waals surface area contributed by atoms with Crippen LogP contribution in [-0.4, -0.2) is 59.3 Å². The van der Waals surface area contributed by atoms with Gasteiger partial charge in [0.05, 0.1) is 14.7 Å². The van der Waals surface area contributed by atoms with E-state index < -0.39 is 90.8 Å². The van der Waals surface area contributed by atoms with Crippen LogP contribution >= 0.6 is 0 Å². The van der Waals surface area contributed by atoms with Crippen molar-refractivity contribution >= 4 is 63.9 Å². The molecule has 0 spiro atoms. The molecule has 20 heteroatoms. The van der Waals surface area contributed by atoms with E-state index in [2.05, 4.69) is 20.5 Å². The van der Waals surface area contributed by atoms with Gasteiger partial charge in [-0.25, -0.2) is 0 Å². The first kappa shape index (κ1) is 30.2. The van der Waals surface area contributed by atoms with Gasteiger partial charge in [0.1, 0.15) is 34.2 Å². The van der Waals surface area contributed by atoms with Gasteiger partial charge in [-0.15, -0.1) is 20.5 Å². The van der Waals surface area contributed by atoms with Crippen LogP contribution in [-0.2, 0) is 30.4 Å². The molecule has 0 unspecified atom stereocenters. The highest BCUT2D eigenvalue weighted by Gasteiger charge is 2.22. The Morgan fingerprint density at radius 1 is 0.452 bits per heavy atom. The summed E-state index contributed by atoms with van der Waals surface area (Å²) in [6, 6.07) is 7.59. The smallest absolute Gasteiger partial charge is 0.294 e. The van der Waals surface area contributed by atoms with Crippen LogP contribution in [0.15, 0.2) is 89.7 Å². The summed E-state index contributed by atoms with van der Waals surface area (Å²) in [7, 11) is -14.3. The van der Waals surface area contributed by atoms with Gasteiger partial charge in [0, 0.05) is 10.8 Å². The first-order chi connectivity index (χ1) is 19.4. The summed E-state index contributed by atoms with van der Waals surface area (Å²) in [6.45, 7) is 0. The lowest BCUT2D eigenvalue weighted by Gasteiger charge is -2.11. The minimum Gasteiger partial charge on any atom is -0.506 e. The van der Waals surface area contributed by atoms with Crippen molar-refractivity contribution in [3.8, 4) is 23.0 Å². The maximum Gasteiger partial charge on any atom is 0.294 e. The molecule has 0 aromatic heterocycles. The lowest BCUT2D eigenvalue weighted by Crippen LogP contribution is -1.97. The van der Waals surface area contributed by atoms with Gasteiger partial charge in [-0.1, -0.05) is 6.07 Å². The number of azo groups is 2. The van der Waals surface area contributed by atoms with Crippen LogP contribution in [0.1, 0.15) is 0 Å². The number of hydrogen-bond acceptors (Lipinski definition) is 14. The van der Waals surface area contributed by atoms with Gasteiger partial charge in [0.2, 0.25) is 0 Å². The van der Waals surface area contributed by atoms with Crippen LogP contribution in [0.5, 0.6) is 23.0 Å². The van der Waals surface area contributed by atoms with E-state index in [1.807, 2.05) is 0 Å². The number of benzene rings is 4. The second-order valence-corrected chi connectivity index (χ2v) is 12.5. The topological polar surface area (TPSA) is 293 Å². The molecule has 0 bridgehead atoms. The molecular formula is C22H16N4O13S3. The number of nitrogens with zero attached hydrogens (tertiary/aromatic N) is 4. The largest absolute Gasteiger partial charge is 0.506 e. The number of aromatic hydroxyl groups is 4. The van der Waals surface area contributed by atoms with Gasteiger partial charge < -0.3 is 20.4 Å². The Hall–Kier alpha value is -4.73. The highest BCUT2D eigenvalue weighted by Crippen LogP contribution is 2.51. The van der Waals surface area contributed by atoms with Crippen LogP contribution in [0.3, 0.4) is 0 Å². The van der Waals surface area contributed by atoms with E-state index in [9.17, 15) is 59.3 Å². The third kappa shape index (κ3) is 6.12. The molecule has 0 aliphatic carbocycles. The molecule has 0 atom stereocenters. The van der Waals surface area contributed by atoms with Crippen LogP contribution in [0.2, 0.25) is 0 Å². The normalized spacial score (nSPS) is 12.9. The monoisotopic (exact) mass is 640 g/mol. The van der Waals surface area contributed by atoms with Gasteiger partial charge in [-0.05, 0) is 48.5 Å².